The Morgan fingerprint density at radius 2 is 1.64 bits per heavy atom. The van der Waals surface area contributed by atoms with Crippen molar-refractivity contribution in [2.75, 3.05) is 76.0 Å². The van der Waals surface area contributed by atoms with Crippen molar-refractivity contribution in [2.24, 2.45) is 5.92 Å². The Morgan fingerprint density at radius 1 is 0.875 bits per heavy atom. The number of carbonyl (C=O) groups is 3. The number of rotatable bonds is 13. The van der Waals surface area contributed by atoms with Crippen LogP contribution in [0.15, 0.2) is 66.7 Å². The van der Waals surface area contributed by atoms with Crippen molar-refractivity contribution < 1.29 is 33.3 Å². The molecule has 3 aromatic carbocycles. The first-order valence-corrected chi connectivity index (χ1v) is 20.5. The number of carbonyl (C=O) groups excluding carboxylic acids is 3. The molecule has 3 aliphatic heterocycles. The van der Waals surface area contributed by atoms with E-state index in [4.69, 9.17) is 18.9 Å². The molecule has 0 bridgehead atoms. The molecule has 2 saturated heterocycles. The second kappa shape index (κ2) is 17.7. The minimum atomic E-state index is -0.661. The monoisotopic (exact) mass is 766 g/mol. The molecule has 0 aromatic heterocycles. The van der Waals surface area contributed by atoms with E-state index in [1.54, 1.807) is 16.9 Å². The Kier molecular flexibility index (Phi) is 12.5. The van der Waals surface area contributed by atoms with Gasteiger partial charge in [0.2, 0.25) is 5.91 Å². The summed E-state index contributed by atoms with van der Waals surface area (Å²) in [6.07, 6.45) is 6.48. The Bertz CT molecular complexity index is 1850. The van der Waals surface area contributed by atoms with Crippen LogP contribution >= 0.6 is 0 Å². The molecule has 1 saturated carbocycles. The van der Waals surface area contributed by atoms with E-state index in [-0.39, 0.29) is 36.9 Å². The average Bonchev–Trinajstić information content (AvgIpc) is 4.04. The highest BCUT2D eigenvalue weighted by Gasteiger charge is 2.44. The molecule has 300 valence electrons. The summed E-state index contributed by atoms with van der Waals surface area (Å²) in [7, 11) is 1.65. The summed E-state index contributed by atoms with van der Waals surface area (Å²) in [6.45, 7) is 11.2. The first-order valence-electron chi connectivity index (χ1n) is 20.5. The van der Waals surface area contributed by atoms with Gasteiger partial charge in [-0.2, -0.15) is 0 Å². The molecule has 4 aliphatic rings. The van der Waals surface area contributed by atoms with Crippen molar-refractivity contribution in [2.45, 2.75) is 83.3 Å². The number of ether oxygens (including phenoxy) is 4. The summed E-state index contributed by atoms with van der Waals surface area (Å²) in [5.74, 6) is 0.647. The standard InChI is InChI=1S/C45H58N4O7/c1-45(2,3)56-44(52)47-23-19-38(34-13-8-11-32(27-34)33-12-9-14-37(28-33)54-26-24-46-20-6-5-7-21-46)39(30-47)43(51)49(35-15-16-35)36-17-18-41-40(29-36)48(22-10-25-53-4)42(50)31-55-41/h8-9,11-14,17-18,27-29,35,38-39H,5-7,10,15-16,19-26,30-31H2,1-4H3/t38-,39+/m1/s1. The number of benzene rings is 3. The summed E-state index contributed by atoms with van der Waals surface area (Å²) < 4.78 is 23.1. The Hall–Kier alpha value is -4.61. The number of anilines is 2. The van der Waals surface area contributed by atoms with Crippen LogP contribution in [-0.2, 0) is 19.1 Å². The van der Waals surface area contributed by atoms with Gasteiger partial charge in [-0.05, 0) is 125 Å². The molecular formula is C45H58N4O7. The first-order chi connectivity index (χ1) is 27.1. The van der Waals surface area contributed by atoms with Gasteiger partial charge in [-0.1, -0.05) is 42.8 Å². The largest absolute Gasteiger partial charge is 0.492 e. The molecule has 0 radical (unpaired) electrons. The number of fused-ring (bicyclic) bond motifs is 1. The van der Waals surface area contributed by atoms with Gasteiger partial charge in [0, 0.05) is 51.6 Å². The van der Waals surface area contributed by atoms with Crippen molar-refractivity contribution in [3.05, 3.63) is 72.3 Å². The van der Waals surface area contributed by atoms with Crippen LogP contribution in [-0.4, -0.2) is 106 Å². The van der Waals surface area contributed by atoms with Crippen LogP contribution in [0.3, 0.4) is 0 Å². The topological polar surface area (TPSA) is 101 Å². The lowest BCUT2D eigenvalue weighted by Crippen LogP contribution is -2.51. The van der Waals surface area contributed by atoms with Crippen molar-refractivity contribution in [3.8, 4) is 22.6 Å². The maximum absolute atomic E-state index is 15.2. The van der Waals surface area contributed by atoms with E-state index < -0.39 is 17.6 Å². The lowest BCUT2D eigenvalue weighted by Gasteiger charge is -2.41. The highest BCUT2D eigenvalue weighted by Crippen LogP contribution is 2.43. The summed E-state index contributed by atoms with van der Waals surface area (Å²) in [4.78, 5) is 49.5. The van der Waals surface area contributed by atoms with Crippen LogP contribution in [0.2, 0.25) is 0 Å². The van der Waals surface area contributed by atoms with Gasteiger partial charge in [0.05, 0.1) is 11.6 Å². The zero-order chi connectivity index (χ0) is 39.2. The molecule has 0 unspecified atom stereocenters. The molecule has 1 aliphatic carbocycles. The minimum absolute atomic E-state index is 0.0238. The zero-order valence-electron chi connectivity index (χ0n) is 33.5. The number of nitrogens with zero attached hydrogens (tertiary/aromatic N) is 4. The summed E-state index contributed by atoms with van der Waals surface area (Å²) in [5, 5.41) is 0. The summed E-state index contributed by atoms with van der Waals surface area (Å²) in [5.41, 5.74) is 3.89. The van der Waals surface area contributed by atoms with Crippen molar-refractivity contribution in [3.63, 3.8) is 0 Å². The van der Waals surface area contributed by atoms with Crippen LogP contribution in [0.5, 0.6) is 11.5 Å². The fraction of sp³-hybridized carbons (Fsp3) is 0.533. The molecular weight excluding hydrogens is 709 g/mol. The number of amides is 3. The van der Waals surface area contributed by atoms with Gasteiger partial charge < -0.3 is 33.6 Å². The molecule has 3 amide bonds. The van der Waals surface area contributed by atoms with Gasteiger partial charge in [-0.25, -0.2) is 4.79 Å². The lowest BCUT2D eigenvalue weighted by molar-refractivity contribution is -0.124. The Balaban J connectivity index is 1.16. The number of methoxy groups -OCH3 is 1. The summed E-state index contributed by atoms with van der Waals surface area (Å²) >= 11 is 0. The number of likely N-dealkylation sites (tertiary alicyclic amines) is 2. The van der Waals surface area contributed by atoms with E-state index in [1.165, 1.54) is 19.3 Å². The van der Waals surface area contributed by atoms with E-state index in [0.29, 0.717) is 50.6 Å². The molecule has 56 heavy (non-hydrogen) atoms. The number of hydrogen-bond acceptors (Lipinski definition) is 8. The van der Waals surface area contributed by atoms with Gasteiger partial charge in [-0.15, -0.1) is 0 Å². The highest BCUT2D eigenvalue weighted by molar-refractivity contribution is 6.01. The van der Waals surface area contributed by atoms with Crippen molar-refractivity contribution in [1.82, 2.24) is 9.80 Å². The third kappa shape index (κ3) is 9.66. The zero-order valence-corrected chi connectivity index (χ0v) is 33.5. The first kappa shape index (κ1) is 39.6. The molecule has 11 heteroatoms. The van der Waals surface area contributed by atoms with Gasteiger partial charge in [-0.3, -0.25) is 14.5 Å². The number of piperidine rings is 2. The van der Waals surface area contributed by atoms with E-state index in [9.17, 15) is 9.59 Å². The molecule has 7 rings (SSSR count). The quantitative estimate of drug-likeness (QED) is 0.165. The maximum Gasteiger partial charge on any atom is 0.410 e. The molecule has 3 aromatic rings. The third-order valence-electron chi connectivity index (χ3n) is 11.2. The van der Waals surface area contributed by atoms with Crippen LogP contribution in [0, 0.1) is 5.92 Å². The number of hydrogen-bond donors (Lipinski definition) is 0. The normalized spacial score (nSPS) is 20.2. The lowest BCUT2D eigenvalue weighted by atomic mass is 9.78. The van der Waals surface area contributed by atoms with Crippen LogP contribution in [0.25, 0.3) is 11.1 Å². The predicted octanol–water partition coefficient (Wildman–Crippen LogP) is 7.52. The Labute approximate surface area is 331 Å². The molecule has 11 nitrogen and oxygen atoms in total. The van der Waals surface area contributed by atoms with Gasteiger partial charge in [0.15, 0.2) is 6.61 Å². The predicted molar refractivity (Wildman–Crippen MR) is 218 cm³/mol. The molecule has 3 heterocycles. The fourth-order valence-corrected chi connectivity index (χ4v) is 8.27. The van der Waals surface area contributed by atoms with E-state index in [0.717, 1.165) is 60.6 Å². The van der Waals surface area contributed by atoms with E-state index in [1.807, 2.05) is 56.0 Å². The van der Waals surface area contributed by atoms with Gasteiger partial charge in [0.1, 0.15) is 23.7 Å². The van der Waals surface area contributed by atoms with Gasteiger partial charge in [0.25, 0.3) is 5.91 Å². The van der Waals surface area contributed by atoms with Crippen LogP contribution in [0.1, 0.15) is 77.2 Å². The second-order valence-corrected chi connectivity index (χ2v) is 16.6. The average molecular weight is 767 g/mol. The van der Waals surface area contributed by atoms with E-state index >= 15 is 4.79 Å². The Morgan fingerprint density at radius 3 is 2.39 bits per heavy atom. The van der Waals surface area contributed by atoms with Gasteiger partial charge >= 0.3 is 6.09 Å². The molecule has 0 spiro atoms. The van der Waals surface area contributed by atoms with Crippen molar-refractivity contribution in [1.29, 1.82) is 0 Å². The summed E-state index contributed by atoms with van der Waals surface area (Å²) in [6, 6.07) is 22.5. The van der Waals surface area contributed by atoms with Crippen LogP contribution in [0.4, 0.5) is 16.2 Å². The van der Waals surface area contributed by atoms with Crippen molar-refractivity contribution >= 4 is 29.3 Å². The van der Waals surface area contributed by atoms with E-state index in [2.05, 4.69) is 41.3 Å². The second-order valence-electron chi connectivity index (χ2n) is 16.6. The maximum atomic E-state index is 15.2. The molecule has 3 fully saturated rings. The van der Waals surface area contributed by atoms with Crippen LogP contribution < -0.4 is 19.3 Å². The molecule has 2 atom stereocenters. The molecule has 0 N–H and O–H groups in total. The SMILES string of the molecule is COCCCN1C(=O)COc2ccc(N(C(=O)[C@H]3CN(C(=O)OC(C)(C)C)CC[C@@H]3c3cccc(-c4cccc(OCCN5CCCCC5)c4)c3)C3CC3)cc21. The smallest absolute Gasteiger partial charge is 0.410 e. The highest BCUT2D eigenvalue weighted by atomic mass is 16.6. The minimum Gasteiger partial charge on any atom is -0.492 e. The fourth-order valence-electron chi connectivity index (χ4n) is 8.27. The third-order valence-corrected chi connectivity index (χ3v) is 11.2.